The highest BCUT2D eigenvalue weighted by Gasteiger charge is 2.40. The van der Waals surface area contributed by atoms with Crippen molar-refractivity contribution >= 4 is 28.9 Å². The molecule has 9 heteroatoms. The molecule has 1 amide bonds. The van der Waals surface area contributed by atoms with Crippen LogP contribution in [-0.2, 0) is 19.7 Å². The Kier molecular flexibility index (Phi) is 8.66. The number of halogens is 1. The van der Waals surface area contributed by atoms with Gasteiger partial charge >= 0.3 is 0 Å². The first-order valence-electron chi connectivity index (χ1n) is 14.4. The first-order valence-corrected chi connectivity index (χ1v) is 14.8. The summed E-state index contributed by atoms with van der Waals surface area (Å²) in [5.74, 6) is 0.773. The topological polar surface area (TPSA) is 85.1 Å². The van der Waals surface area contributed by atoms with Crippen LogP contribution in [0.15, 0.2) is 121 Å². The highest BCUT2D eigenvalue weighted by Crippen LogP contribution is 2.43. The Balaban J connectivity index is 1.45. The van der Waals surface area contributed by atoms with Crippen molar-refractivity contribution in [3.05, 3.63) is 164 Å². The van der Waals surface area contributed by atoms with E-state index in [4.69, 9.17) is 21.1 Å². The highest BCUT2D eigenvalue weighted by molar-refractivity contribution is 6.30. The summed E-state index contributed by atoms with van der Waals surface area (Å²) >= 11 is 6.03. The van der Waals surface area contributed by atoms with Crippen LogP contribution in [0.5, 0.6) is 11.5 Å². The number of carbonyl (C=O) groups is 1. The lowest BCUT2D eigenvalue weighted by Gasteiger charge is -2.46. The number of methoxy groups -OCH3 is 1. The maximum atomic E-state index is 14.3. The van der Waals surface area contributed by atoms with Crippen LogP contribution in [0.4, 0.5) is 11.4 Å². The van der Waals surface area contributed by atoms with Crippen molar-refractivity contribution in [2.24, 2.45) is 0 Å². The maximum absolute atomic E-state index is 14.3. The Morgan fingerprint density at radius 2 is 1.40 bits per heavy atom. The summed E-state index contributed by atoms with van der Waals surface area (Å²) in [6.07, 6.45) is -0.564. The zero-order chi connectivity index (χ0) is 31.3. The summed E-state index contributed by atoms with van der Waals surface area (Å²) in [5, 5.41) is 12.4. The molecular weight excluding hydrogens is 590 g/mol. The lowest BCUT2D eigenvalue weighted by molar-refractivity contribution is -0.384. The molecule has 45 heavy (non-hydrogen) atoms. The average Bonchev–Trinajstić information content (AvgIpc) is 3.07. The number of hydrogen-bond acceptors (Lipinski definition) is 6. The second kappa shape index (κ2) is 13.1. The van der Waals surface area contributed by atoms with Crippen LogP contribution in [0.25, 0.3) is 0 Å². The van der Waals surface area contributed by atoms with Crippen LogP contribution < -0.4 is 14.4 Å². The molecule has 0 radical (unpaired) electrons. The fourth-order valence-electron chi connectivity index (χ4n) is 5.58. The van der Waals surface area contributed by atoms with Gasteiger partial charge in [0.15, 0.2) is 11.5 Å². The molecule has 0 spiro atoms. The van der Waals surface area contributed by atoms with Crippen molar-refractivity contribution in [2.75, 3.05) is 12.0 Å². The molecule has 1 aliphatic rings. The van der Waals surface area contributed by atoms with Crippen LogP contribution in [-0.4, -0.2) is 22.8 Å². The number of anilines is 1. The number of carbonyl (C=O) groups excluding carboxylic acids is 1. The minimum absolute atomic E-state index is 0.135. The summed E-state index contributed by atoms with van der Waals surface area (Å²) in [7, 11) is 1.58. The summed E-state index contributed by atoms with van der Waals surface area (Å²) < 4.78 is 11.9. The van der Waals surface area contributed by atoms with Gasteiger partial charge in [-0.15, -0.1) is 0 Å². The van der Waals surface area contributed by atoms with Gasteiger partial charge in [0.2, 0.25) is 0 Å². The minimum atomic E-state index is -0.564. The average molecular weight is 620 g/mol. The van der Waals surface area contributed by atoms with Gasteiger partial charge in [0.25, 0.3) is 11.6 Å². The van der Waals surface area contributed by atoms with Crippen LogP contribution in [0.3, 0.4) is 0 Å². The maximum Gasteiger partial charge on any atom is 0.270 e. The van der Waals surface area contributed by atoms with Crippen molar-refractivity contribution in [1.29, 1.82) is 0 Å². The Morgan fingerprint density at radius 3 is 2.02 bits per heavy atom. The number of nitro groups is 1. The fourth-order valence-corrected chi connectivity index (χ4v) is 5.71. The Morgan fingerprint density at radius 1 is 0.756 bits per heavy atom. The highest BCUT2D eigenvalue weighted by atomic mass is 35.5. The third-order valence-corrected chi connectivity index (χ3v) is 8.02. The van der Waals surface area contributed by atoms with E-state index in [1.54, 1.807) is 18.1 Å². The van der Waals surface area contributed by atoms with Crippen molar-refractivity contribution in [3.63, 3.8) is 0 Å². The molecule has 1 aliphatic heterocycles. The van der Waals surface area contributed by atoms with Crippen molar-refractivity contribution < 1.29 is 19.2 Å². The second-order valence-electron chi connectivity index (χ2n) is 10.7. The van der Waals surface area contributed by atoms with E-state index in [0.717, 1.165) is 22.3 Å². The molecule has 6 rings (SSSR count). The van der Waals surface area contributed by atoms with Gasteiger partial charge in [0, 0.05) is 30.2 Å². The smallest absolute Gasteiger partial charge is 0.270 e. The van der Waals surface area contributed by atoms with E-state index >= 15 is 0 Å². The molecule has 226 valence electrons. The molecule has 0 aromatic heterocycles. The SMILES string of the molecule is COc1cc([C@H]2N(Cc3ccccc3)C(=O)c3cc([N+](=O)[O-])ccc3N2Cc2ccccc2)ccc1OCc1ccc(Cl)cc1. The number of nitrogens with zero attached hydrogens (tertiary/aromatic N) is 3. The van der Waals surface area contributed by atoms with Gasteiger partial charge in [-0.1, -0.05) is 90.5 Å². The van der Waals surface area contributed by atoms with Gasteiger partial charge < -0.3 is 19.3 Å². The molecule has 5 aromatic carbocycles. The molecule has 5 aromatic rings. The largest absolute Gasteiger partial charge is 0.493 e. The number of ether oxygens (including phenoxy) is 2. The van der Waals surface area contributed by atoms with E-state index in [1.807, 2.05) is 103 Å². The summed E-state index contributed by atoms with van der Waals surface area (Å²) in [6.45, 7) is 1.06. The lowest BCUT2D eigenvalue weighted by Crippen LogP contribution is -2.48. The van der Waals surface area contributed by atoms with E-state index < -0.39 is 11.1 Å². The van der Waals surface area contributed by atoms with Crippen molar-refractivity contribution in [1.82, 2.24) is 4.90 Å². The predicted molar refractivity (Wildman–Crippen MR) is 174 cm³/mol. The molecule has 0 saturated heterocycles. The molecule has 0 N–H and O–H groups in total. The quantitative estimate of drug-likeness (QED) is 0.116. The van der Waals surface area contributed by atoms with Gasteiger partial charge in [-0.05, 0) is 52.6 Å². The zero-order valence-corrected chi connectivity index (χ0v) is 25.3. The van der Waals surface area contributed by atoms with Crippen LogP contribution in [0, 0.1) is 10.1 Å². The summed E-state index contributed by atoms with van der Waals surface area (Å²) in [6, 6.07) is 37.2. The third-order valence-electron chi connectivity index (χ3n) is 7.77. The fraction of sp³-hybridized carbons (Fsp3) is 0.139. The molecule has 8 nitrogen and oxygen atoms in total. The number of non-ortho nitro benzene ring substituents is 1. The molecule has 0 saturated carbocycles. The van der Waals surface area contributed by atoms with E-state index in [2.05, 4.69) is 4.90 Å². The van der Waals surface area contributed by atoms with Gasteiger partial charge in [0.1, 0.15) is 12.8 Å². The lowest BCUT2D eigenvalue weighted by atomic mass is 9.98. The summed E-state index contributed by atoms with van der Waals surface area (Å²) in [4.78, 5) is 29.4. The van der Waals surface area contributed by atoms with Crippen LogP contribution in [0.2, 0.25) is 5.02 Å². The Bertz CT molecular complexity index is 1820. The van der Waals surface area contributed by atoms with Crippen molar-refractivity contribution in [3.8, 4) is 11.5 Å². The molecule has 0 bridgehead atoms. The number of fused-ring (bicyclic) bond motifs is 1. The number of nitro benzene ring substituents is 1. The molecule has 1 atom stereocenters. The number of amides is 1. The molecule has 0 aliphatic carbocycles. The monoisotopic (exact) mass is 619 g/mol. The molecule has 0 fully saturated rings. The zero-order valence-electron chi connectivity index (χ0n) is 24.5. The van der Waals surface area contributed by atoms with Gasteiger partial charge in [-0.3, -0.25) is 14.9 Å². The van der Waals surface area contributed by atoms with Gasteiger partial charge in [0.05, 0.1) is 23.3 Å². The van der Waals surface area contributed by atoms with E-state index in [-0.39, 0.29) is 23.7 Å². The van der Waals surface area contributed by atoms with E-state index in [9.17, 15) is 14.9 Å². The van der Waals surface area contributed by atoms with E-state index in [1.165, 1.54) is 12.1 Å². The first-order chi connectivity index (χ1) is 21.9. The number of rotatable bonds is 10. The Labute approximate surface area is 266 Å². The summed E-state index contributed by atoms with van der Waals surface area (Å²) in [5.41, 5.74) is 4.47. The van der Waals surface area contributed by atoms with Crippen LogP contribution >= 0.6 is 11.6 Å². The third kappa shape index (κ3) is 6.46. The van der Waals surface area contributed by atoms with Gasteiger partial charge in [-0.2, -0.15) is 0 Å². The number of hydrogen-bond donors (Lipinski definition) is 0. The molecule has 0 unspecified atom stereocenters. The normalized spacial score (nSPS) is 14.2. The second-order valence-corrected chi connectivity index (χ2v) is 11.1. The van der Waals surface area contributed by atoms with Gasteiger partial charge in [-0.25, -0.2) is 0 Å². The Hall–Kier alpha value is -5.34. The standard InChI is InChI=1S/C36H30ClN3O5/c1-44-34-20-28(14-19-33(34)45-24-27-12-15-29(37)16-13-27)35-38(22-25-8-4-2-5-9-25)32-18-17-30(40(42)43)21-31(32)36(41)39(35)23-26-10-6-3-7-11-26/h2-21,35H,22-24H2,1H3/t35-/m1/s1. The predicted octanol–water partition coefficient (Wildman–Crippen LogP) is 8.20. The van der Waals surface area contributed by atoms with E-state index in [0.29, 0.717) is 35.4 Å². The molecule has 1 heterocycles. The molecular formula is C36H30ClN3O5. The van der Waals surface area contributed by atoms with Crippen LogP contribution in [0.1, 0.15) is 38.8 Å². The van der Waals surface area contributed by atoms with Crippen molar-refractivity contribution in [2.45, 2.75) is 25.9 Å². The minimum Gasteiger partial charge on any atom is -0.493 e. The number of benzene rings is 5. The first kappa shape index (κ1) is 29.7.